The summed E-state index contributed by atoms with van der Waals surface area (Å²) in [6.07, 6.45) is 9.28. The first-order valence-electron chi connectivity index (χ1n) is 8.62. The van der Waals surface area contributed by atoms with Crippen LogP contribution in [0.15, 0.2) is 0 Å². The van der Waals surface area contributed by atoms with E-state index < -0.39 is 0 Å². The molecule has 0 bridgehead atoms. The van der Waals surface area contributed by atoms with Crippen LogP contribution in [-0.2, 0) is 11.3 Å². The molecular formula is C16H27N5O. The minimum atomic E-state index is -0.288. The molecule has 0 radical (unpaired) electrons. The fourth-order valence-corrected chi connectivity index (χ4v) is 3.94. The van der Waals surface area contributed by atoms with E-state index in [1.54, 1.807) is 0 Å². The highest BCUT2D eigenvalue weighted by atomic mass is 16.2. The first-order valence-corrected chi connectivity index (χ1v) is 8.62. The molecular weight excluding hydrogens is 278 g/mol. The van der Waals surface area contributed by atoms with Crippen LogP contribution in [0.4, 0.5) is 0 Å². The number of amides is 1. The Morgan fingerprint density at radius 3 is 2.50 bits per heavy atom. The van der Waals surface area contributed by atoms with Crippen LogP contribution in [0.5, 0.6) is 0 Å². The Bertz CT molecular complexity index is 500. The molecule has 1 saturated heterocycles. The molecule has 0 spiro atoms. The van der Waals surface area contributed by atoms with Crippen molar-refractivity contribution < 1.29 is 4.79 Å². The molecule has 22 heavy (non-hydrogen) atoms. The molecule has 0 aromatic carbocycles. The second-order valence-electron chi connectivity index (χ2n) is 6.66. The number of nitrogens with one attached hydrogen (secondary N) is 2. The van der Waals surface area contributed by atoms with Crippen LogP contribution >= 0.6 is 0 Å². The molecule has 2 N–H and O–H groups in total. The quantitative estimate of drug-likeness (QED) is 0.891. The van der Waals surface area contributed by atoms with Crippen LogP contribution in [0.3, 0.4) is 0 Å². The molecule has 0 unspecified atom stereocenters. The molecule has 2 fully saturated rings. The van der Waals surface area contributed by atoms with Gasteiger partial charge in [0.15, 0.2) is 5.82 Å². The maximum Gasteiger partial charge on any atom is 0.240 e. The Labute approximate surface area is 132 Å². The minimum absolute atomic E-state index is 0.177. The molecule has 3 rings (SSSR count). The number of hydrogen-bond acceptors (Lipinski definition) is 4. The Morgan fingerprint density at radius 2 is 1.86 bits per heavy atom. The number of nitrogens with zero attached hydrogens (tertiary/aromatic N) is 3. The normalized spacial score (nSPS) is 22.4. The van der Waals surface area contributed by atoms with Gasteiger partial charge in [-0.1, -0.05) is 25.7 Å². The fraction of sp³-hybridized carbons (Fsp3) is 0.812. The van der Waals surface area contributed by atoms with Crippen LogP contribution in [-0.4, -0.2) is 44.6 Å². The van der Waals surface area contributed by atoms with Crippen molar-refractivity contribution in [1.82, 2.24) is 25.4 Å². The maximum absolute atomic E-state index is 13.0. The summed E-state index contributed by atoms with van der Waals surface area (Å²) in [5.74, 6) is 1.62. The van der Waals surface area contributed by atoms with Gasteiger partial charge in [0.05, 0.1) is 6.54 Å². The maximum atomic E-state index is 13.0. The van der Waals surface area contributed by atoms with Crippen molar-refractivity contribution in [2.24, 2.45) is 0 Å². The number of rotatable bonds is 4. The summed E-state index contributed by atoms with van der Waals surface area (Å²) < 4.78 is 0. The number of likely N-dealkylation sites (tertiary alicyclic amines) is 1. The summed E-state index contributed by atoms with van der Waals surface area (Å²) in [5.41, 5.74) is -0.288. The number of aromatic nitrogens is 3. The first-order chi connectivity index (χ1) is 10.7. The van der Waals surface area contributed by atoms with Crippen LogP contribution in [0.1, 0.15) is 63.0 Å². The van der Waals surface area contributed by atoms with E-state index in [9.17, 15) is 4.79 Å². The topological polar surface area (TPSA) is 73.9 Å². The van der Waals surface area contributed by atoms with E-state index in [4.69, 9.17) is 0 Å². The van der Waals surface area contributed by atoms with E-state index in [1.807, 2.05) is 6.92 Å². The van der Waals surface area contributed by atoms with Crippen molar-refractivity contribution in [3.05, 3.63) is 11.6 Å². The summed E-state index contributed by atoms with van der Waals surface area (Å²) in [4.78, 5) is 19.7. The van der Waals surface area contributed by atoms with Crippen LogP contribution in [0.25, 0.3) is 0 Å². The lowest BCUT2D eigenvalue weighted by atomic mass is 9.78. The zero-order valence-corrected chi connectivity index (χ0v) is 13.5. The second kappa shape index (κ2) is 6.77. The lowest BCUT2D eigenvalue weighted by molar-refractivity contribution is -0.137. The molecule has 6 heteroatoms. The van der Waals surface area contributed by atoms with Gasteiger partial charge in [0.2, 0.25) is 5.91 Å². The number of carbonyl (C=O) groups is 1. The van der Waals surface area contributed by atoms with Crippen molar-refractivity contribution in [1.29, 1.82) is 0 Å². The highest BCUT2D eigenvalue weighted by Gasteiger charge is 2.44. The molecule has 2 heterocycles. The van der Waals surface area contributed by atoms with Gasteiger partial charge in [0, 0.05) is 0 Å². The molecule has 1 aliphatic carbocycles. The van der Waals surface area contributed by atoms with Crippen LogP contribution < -0.4 is 5.32 Å². The summed E-state index contributed by atoms with van der Waals surface area (Å²) in [5, 5.41) is 10.0. The van der Waals surface area contributed by atoms with E-state index in [0.29, 0.717) is 12.4 Å². The number of carbonyl (C=O) groups excluding carboxylic acids is 1. The van der Waals surface area contributed by atoms with Gasteiger partial charge in [-0.3, -0.25) is 14.8 Å². The predicted octanol–water partition coefficient (Wildman–Crippen LogP) is 1.92. The predicted molar refractivity (Wildman–Crippen MR) is 84.2 cm³/mol. The SMILES string of the molecule is Cc1nc(CNC(=O)C2(N3CCCCC3)CCCCC2)n[nH]1. The average Bonchev–Trinajstić information content (AvgIpc) is 2.99. The van der Waals surface area contributed by atoms with Gasteiger partial charge >= 0.3 is 0 Å². The standard InChI is InChI=1S/C16H27N5O/c1-13-18-14(20-19-13)12-17-15(22)16(8-4-2-5-9-16)21-10-6-3-7-11-21/h2-12H2,1H3,(H,17,22)(H,18,19,20). The molecule has 2 aliphatic rings. The summed E-state index contributed by atoms with van der Waals surface area (Å²) in [6, 6.07) is 0. The fourth-order valence-electron chi connectivity index (χ4n) is 3.94. The van der Waals surface area contributed by atoms with E-state index in [2.05, 4.69) is 25.4 Å². The van der Waals surface area contributed by atoms with Crippen molar-refractivity contribution in [3.8, 4) is 0 Å². The Morgan fingerprint density at radius 1 is 1.18 bits per heavy atom. The lowest BCUT2D eigenvalue weighted by Gasteiger charge is -2.46. The van der Waals surface area contributed by atoms with Crippen molar-refractivity contribution in [2.75, 3.05) is 13.1 Å². The monoisotopic (exact) mass is 305 g/mol. The van der Waals surface area contributed by atoms with Gasteiger partial charge < -0.3 is 5.32 Å². The first kappa shape index (κ1) is 15.5. The largest absolute Gasteiger partial charge is 0.347 e. The molecule has 1 saturated carbocycles. The smallest absolute Gasteiger partial charge is 0.240 e. The number of hydrogen-bond donors (Lipinski definition) is 2. The molecule has 122 valence electrons. The molecule has 1 aromatic rings. The highest BCUT2D eigenvalue weighted by Crippen LogP contribution is 2.35. The molecule has 1 amide bonds. The molecule has 1 aromatic heterocycles. The van der Waals surface area contributed by atoms with E-state index in [0.717, 1.165) is 44.6 Å². The average molecular weight is 305 g/mol. The van der Waals surface area contributed by atoms with Gasteiger partial charge in [-0.05, 0) is 45.7 Å². The molecule has 6 nitrogen and oxygen atoms in total. The zero-order valence-electron chi connectivity index (χ0n) is 13.5. The van der Waals surface area contributed by atoms with Gasteiger partial charge in [0.25, 0.3) is 0 Å². The van der Waals surface area contributed by atoms with E-state index >= 15 is 0 Å². The lowest BCUT2D eigenvalue weighted by Crippen LogP contribution is -2.60. The van der Waals surface area contributed by atoms with Crippen LogP contribution in [0.2, 0.25) is 0 Å². The third kappa shape index (κ3) is 3.16. The summed E-state index contributed by atoms with van der Waals surface area (Å²) in [6.45, 7) is 4.41. The number of piperidine rings is 1. The Hall–Kier alpha value is -1.43. The number of aryl methyl sites for hydroxylation is 1. The molecule has 0 atom stereocenters. The van der Waals surface area contributed by atoms with Crippen molar-refractivity contribution in [2.45, 2.75) is 70.4 Å². The zero-order chi connectivity index (χ0) is 15.4. The summed E-state index contributed by atoms with van der Waals surface area (Å²) in [7, 11) is 0. The van der Waals surface area contributed by atoms with E-state index in [-0.39, 0.29) is 11.4 Å². The van der Waals surface area contributed by atoms with Gasteiger partial charge in [-0.25, -0.2) is 4.98 Å². The highest BCUT2D eigenvalue weighted by molar-refractivity contribution is 5.86. The third-order valence-electron chi connectivity index (χ3n) is 5.12. The van der Waals surface area contributed by atoms with Gasteiger partial charge in [0.1, 0.15) is 11.4 Å². The minimum Gasteiger partial charge on any atom is -0.347 e. The molecule has 1 aliphatic heterocycles. The Balaban J connectivity index is 1.68. The van der Waals surface area contributed by atoms with E-state index in [1.165, 1.54) is 25.7 Å². The second-order valence-corrected chi connectivity index (χ2v) is 6.66. The third-order valence-corrected chi connectivity index (χ3v) is 5.12. The van der Waals surface area contributed by atoms with Crippen molar-refractivity contribution >= 4 is 5.91 Å². The van der Waals surface area contributed by atoms with Gasteiger partial charge in [-0.15, -0.1) is 0 Å². The Kier molecular flexibility index (Phi) is 4.76. The number of aromatic amines is 1. The van der Waals surface area contributed by atoms with Crippen molar-refractivity contribution in [3.63, 3.8) is 0 Å². The van der Waals surface area contributed by atoms with Crippen LogP contribution in [0, 0.1) is 6.92 Å². The number of H-pyrrole nitrogens is 1. The summed E-state index contributed by atoms with van der Waals surface area (Å²) >= 11 is 0. The van der Waals surface area contributed by atoms with Gasteiger partial charge in [-0.2, -0.15) is 5.10 Å².